The molecule has 13 heavy (non-hydrogen) atoms. The van der Waals surface area contributed by atoms with E-state index in [9.17, 15) is 0 Å². The van der Waals surface area contributed by atoms with E-state index >= 15 is 0 Å². The zero-order valence-electron chi connectivity index (χ0n) is 9.12. The summed E-state index contributed by atoms with van der Waals surface area (Å²) in [5.74, 6) is 2.02. The number of rotatable bonds is 4. The first-order chi connectivity index (χ1) is 6.22. The first-order valence-electron chi connectivity index (χ1n) is 5.16. The average molecular weight is 202 g/mol. The maximum atomic E-state index is 2.58. The molecule has 0 unspecified atom stereocenters. The van der Waals surface area contributed by atoms with Gasteiger partial charge in [-0.3, -0.25) is 4.90 Å². The molecular weight excluding hydrogens is 180 g/mol. The lowest BCUT2D eigenvalue weighted by atomic mass is 10.2. The molecule has 0 saturated carbocycles. The maximum Gasteiger partial charge on any atom is 0.0442 e. The molecule has 0 radical (unpaired) electrons. The van der Waals surface area contributed by atoms with Crippen LogP contribution < -0.4 is 0 Å². The molecule has 1 fully saturated rings. The zero-order chi connectivity index (χ0) is 9.68. The van der Waals surface area contributed by atoms with Gasteiger partial charge < -0.3 is 4.90 Å². The Bertz CT molecular complexity index is 131. The fraction of sp³-hybridized carbons (Fsp3) is 1.00. The van der Waals surface area contributed by atoms with Crippen molar-refractivity contribution in [2.45, 2.75) is 13.8 Å². The Kier molecular flexibility index (Phi) is 5.14. The molecule has 0 bridgehead atoms. The Morgan fingerprint density at radius 1 is 1.08 bits per heavy atom. The van der Waals surface area contributed by atoms with E-state index in [-0.39, 0.29) is 0 Å². The second-order valence-corrected chi connectivity index (χ2v) is 5.07. The minimum Gasteiger partial charge on any atom is -0.301 e. The molecule has 1 rings (SSSR count). The van der Waals surface area contributed by atoms with Gasteiger partial charge in [0.05, 0.1) is 0 Å². The van der Waals surface area contributed by atoms with Crippen LogP contribution in [0, 0.1) is 5.92 Å². The molecule has 0 aromatic carbocycles. The van der Waals surface area contributed by atoms with Crippen molar-refractivity contribution in [1.82, 2.24) is 9.80 Å². The van der Waals surface area contributed by atoms with Crippen molar-refractivity contribution >= 4 is 11.8 Å². The second kappa shape index (κ2) is 5.89. The van der Waals surface area contributed by atoms with Crippen LogP contribution in [-0.4, -0.2) is 54.7 Å². The summed E-state index contributed by atoms with van der Waals surface area (Å²) < 4.78 is 0. The van der Waals surface area contributed by atoms with Crippen molar-refractivity contribution in [3.05, 3.63) is 0 Å². The van der Waals surface area contributed by atoms with Gasteiger partial charge in [0.15, 0.2) is 0 Å². The molecule has 1 saturated heterocycles. The molecule has 0 aliphatic carbocycles. The maximum absolute atomic E-state index is 2.58. The van der Waals surface area contributed by atoms with E-state index in [1.165, 1.54) is 38.6 Å². The van der Waals surface area contributed by atoms with Crippen LogP contribution >= 0.6 is 11.8 Å². The molecule has 1 aliphatic heterocycles. The summed E-state index contributed by atoms with van der Waals surface area (Å²) in [6, 6.07) is 0. The second-order valence-electron chi connectivity index (χ2n) is 4.23. The molecule has 0 spiro atoms. The van der Waals surface area contributed by atoms with Gasteiger partial charge in [-0.1, -0.05) is 13.8 Å². The molecule has 1 heterocycles. The minimum atomic E-state index is 0.812. The molecule has 78 valence electrons. The fourth-order valence-corrected chi connectivity index (χ4v) is 2.42. The Hall–Kier alpha value is 0.270. The summed E-state index contributed by atoms with van der Waals surface area (Å²) in [6.07, 6.45) is 2.18. The van der Waals surface area contributed by atoms with Gasteiger partial charge in [0.25, 0.3) is 0 Å². The molecule has 3 heteroatoms. The smallest absolute Gasteiger partial charge is 0.0442 e. The van der Waals surface area contributed by atoms with Crippen molar-refractivity contribution in [1.29, 1.82) is 0 Å². The quantitative estimate of drug-likeness (QED) is 0.683. The van der Waals surface area contributed by atoms with Gasteiger partial charge in [0, 0.05) is 38.6 Å². The van der Waals surface area contributed by atoms with Crippen LogP contribution in [0.4, 0.5) is 0 Å². The molecule has 0 aromatic heterocycles. The summed E-state index contributed by atoms with van der Waals surface area (Å²) in [5, 5.41) is 0. The molecule has 0 N–H and O–H groups in total. The van der Waals surface area contributed by atoms with Crippen LogP contribution in [-0.2, 0) is 0 Å². The van der Waals surface area contributed by atoms with E-state index in [1.807, 2.05) is 11.8 Å². The number of hydrogen-bond acceptors (Lipinski definition) is 3. The summed E-state index contributed by atoms with van der Waals surface area (Å²) >= 11 is 1.93. The Morgan fingerprint density at radius 3 is 2.08 bits per heavy atom. The molecule has 0 aromatic rings. The number of nitrogens with zero attached hydrogens (tertiary/aromatic N) is 2. The van der Waals surface area contributed by atoms with Crippen LogP contribution in [0.1, 0.15) is 13.8 Å². The molecule has 2 nitrogen and oxygen atoms in total. The highest BCUT2D eigenvalue weighted by atomic mass is 32.2. The molecule has 0 atom stereocenters. The van der Waals surface area contributed by atoms with Crippen molar-refractivity contribution < 1.29 is 0 Å². The van der Waals surface area contributed by atoms with Gasteiger partial charge in [-0.15, -0.1) is 11.8 Å². The monoisotopic (exact) mass is 202 g/mol. The number of thioether (sulfide) groups is 1. The third-order valence-electron chi connectivity index (χ3n) is 2.40. The largest absolute Gasteiger partial charge is 0.301 e. The van der Waals surface area contributed by atoms with Gasteiger partial charge >= 0.3 is 0 Å². The highest BCUT2D eigenvalue weighted by Crippen LogP contribution is 2.07. The number of hydrogen-bond donors (Lipinski definition) is 0. The first-order valence-corrected chi connectivity index (χ1v) is 6.55. The highest BCUT2D eigenvalue weighted by molar-refractivity contribution is 7.98. The van der Waals surface area contributed by atoms with E-state index in [4.69, 9.17) is 0 Å². The number of piperazine rings is 1. The van der Waals surface area contributed by atoms with Crippen LogP contribution in [0.15, 0.2) is 0 Å². The fourth-order valence-electron chi connectivity index (χ4n) is 1.80. The lowest BCUT2D eigenvalue weighted by Crippen LogP contribution is -2.47. The highest BCUT2D eigenvalue weighted by Gasteiger charge is 2.16. The van der Waals surface area contributed by atoms with Gasteiger partial charge in [0.2, 0.25) is 0 Å². The topological polar surface area (TPSA) is 6.48 Å². The molecular formula is C10H22N2S. The Labute approximate surface area is 86.7 Å². The Balaban J connectivity index is 2.15. The Morgan fingerprint density at radius 2 is 1.62 bits per heavy atom. The normalized spacial score (nSPS) is 21.2. The third-order valence-corrected chi connectivity index (χ3v) is 3.02. The van der Waals surface area contributed by atoms with Crippen LogP contribution in [0.25, 0.3) is 0 Å². The van der Waals surface area contributed by atoms with Crippen molar-refractivity contribution in [3.63, 3.8) is 0 Å². The summed E-state index contributed by atoms with van der Waals surface area (Å²) in [5.41, 5.74) is 0. The minimum absolute atomic E-state index is 0.812. The molecule has 1 aliphatic rings. The average Bonchev–Trinajstić information content (AvgIpc) is 2.08. The van der Waals surface area contributed by atoms with Gasteiger partial charge in [-0.05, 0) is 12.2 Å². The van der Waals surface area contributed by atoms with E-state index < -0.39 is 0 Å². The summed E-state index contributed by atoms with van der Waals surface area (Å²) in [7, 11) is 0. The van der Waals surface area contributed by atoms with Crippen molar-refractivity contribution in [2.75, 3.05) is 44.9 Å². The first kappa shape index (κ1) is 11.3. The summed E-state index contributed by atoms with van der Waals surface area (Å²) in [6.45, 7) is 10.9. The van der Waals surface area contributed by atoms with E-state index in [0.29, 0.717) is 0 Å². The third kappa shape index (κ3) is 4.34. The van der Waals surface area contributed by atoms with Crippen LogP contribution in [0.2, 0.25) is 0 Å². The van der Waals surface area contributed by atoms with Gasteiger partial charge in [-0.25, -0.2) is 0 Å². The lowest BCUT2D eigenvalue weighted by molar-refractivity contribution is 0.137. The molecule has 0 amide bonds. The standard InChI is InChI=1S/C10H22N2S/c1-10(2)8-11-4-6-12(7-5-11)9-13-3/h10H,4-9H2,1-3H3. The predicted molar refractivity (Wildman–Crippen MR) is 61.2 cm³/mol. The van der Waals surface area contributed by atoms with Gasteiger partial charge in [-0.2, -0.15) is 0 Å². The van der Waals surface area contributed by atoms with Crippen molar-refractivity contribution in [3.8, 4) is 0 Å². The SMILES string of the molecule is CSCN1CCN(CC(C)C)CC1. The van der Waals surface area contributed by atoms with Crippen LogP contribution in [0.3, 0.4) is 0 Å². The van der Waals surface area contributed by atoms with E-state index in [2.05, 4.69) is 29.9 Å². The predicted octanol–water partition coefficient (Wildman–Crippen LogP) is 1.58. The lowest BCUT2D eigenvalue weighted by Gasteiger charge is -2.35. The van der Waals surface area contributed by atoms with Crippen LogP contribution in [0.5, 0.6) is 0 Å². The zero-order valence-corrected chi connectivity index (χ0v) is 9.94. The van der Waals surface area contributed by atoms with Gasteiger partial charge in [0.1, 0.15) is 0 Å². The van der Waals surface area contributed by atoms with E-state index in [0.717, 1.165) is 5.92 Å². The van der Waals surface area contributed by atoms with E-state index in [1.54, 1.807) is 0 Å². The van der Waals surface area contributed by atoms with Crippen molar-refractivity contribution in [2.24, 2.45) is 5.92 Å². The summed E-state index contributed by atoms with van der Waals surface area (Å²) in [4.78, 5) is 5.13.